The highest BCUT2D eigenvalue weighted by atomic mass is 35.5. The van der Waals surface area contributed by atoms with Gasteiger partial charge in [0.05, 0.1) is 5.39 Å². The maximum atomic E-state index is 13.0. The number of hydrogen-bond donors (Lipinski definition) is 1. The van der Waals surface area contributed by atoms with Crippen LogP contribution in [0, 0.1) is 6.92 Å². The number of aromatic nitrogens is 2. The van der Waals surface area contributed by atoms with E-state index < -0.39 is 6.04 Å². The molecule has 0 aliphatic heterocycles. The van der Waals surface area contributed by atoms with Gasteiger partial charge in [0.2, 0.25) is 5.91 Å². The summed E-state index contributed by atoms with van der Waals surface area (Å²) < 4.78 is 1.46. The van der Waals surface area contributed by atoms with Crippen LogP contribution in [0.2, 0.25) is 5.02 Å². The first kappa shape index (κ1) is 19.9. The van der Waals surface area contributed by atoms with Crippen molar-refractivity contribution in [2.45, 2.75) is 38.4 Å². The summed E-state index contributed by atoms with van der Waals surface area (Å²) in [6.45, 7) is 5.64. The molecule has 0 saturated heterocycles. The Morgan fingerprint density at radius 2 is 2.15 bits per heavy atom. The van der Waals surface area contributed by atoms with Gasteiger partial charge in [0.25, 0.3) is 5.56 Å². The average molecular weight is 422 g/mol. The van der Waals surface area contributed by atoms with Gasteiger partial charge in [-0.1, -0.05) is 36.4 Å². The van der Waals surface area contributed by atoms with Crippen molar-refractivity contribution in [1.29, 1.82) is 0 Å². The third-order valence-electron chi connectivity index (χ3n) is 4.35. The molecule has 27 heavy (non-hydrogen) atoms. The molecule has 0 aliphatic carbocycles. The second-order valence-corrected chi connectivity index (χ2v) is 8.48. The molecule has 5 nitrogen and oxygen atoms in total. The predicted molar refractivity (Wildman–Crippen MR) is 115 cm³/mol. The fourth-order valence-corrected chi connectivity index (χ4v) is 4.54. The second-order valence-electron chi connectivity index (χ2n) is 6.19. The number of amides is 1. The molecule has 142 valence electrons. The lowest BCUT2D eigenvalue weighted by Gasteiger charge is -2.18. The van der Waals surface area contributed by atoms with Crippen molar-refractivity contribution in [2.24, 2.45) is 0 Å². The number of fused-ring (bicyclic) bond motifs is 1. The van der Waals surface area contributed by atoms with Gasteiger partial charge in [0.1, 0.15) is 10.9 Å². The normalized spacial score (nSPS) is 12.3. The fourth-order valence-electron chi connectivity index (χ4n) is 2.72. The Bertz CT molecular complexity index is 1070. The van der Waals surface area contributed by atoms with Crippen LogP contribution in [-0.2, 0) is 11.2 Å². The average Bonchev–Trinajstić information content (AvgIpc) is 3.07. The number of thiophene rings is 1. The molecule has 3 aromatic rings. The van der Waals surface area contributed by atoms with Gasteiger partial charge in [-0.15, -0.1) is 11.3 Å². The van der Waals surface area contributed by atoms with Crippen LogP contribution in [0.5, 0.6) is 0 Å². The lowest BCUT2D eigenvalue weighted by atomic mass is 10.2. The van der Waals surface area contributed by atoms with Gasteiger partial charge in [-0.25, -0.2) is 4.98 Å². The molecule has 1 amide bonds. The lowest BCUT2D eigenvalue weighted by molar-refractivity contribution is -0.119. The lowest BCUT2D eigenvalue weighted by Crippen LogP contribution is -2.33. The van der Waals surface area contributed by atoms with Gasteiger partial charge in [-0.05, 0) is 50.3 Å². The van der Waals surface area contributed by atoms with Gasteiger partial charge in [0.15, 0.2) is 5.16 Å². The van der Waals surface area contributed by atoms with Crippen LogP contribution >= 0.6 is 34.7 Å². The Kier molecular flexibility index (Phi) is 5.93. The van der Waals surface area contributed by atoms with E-state index in [9.17, 15) is 9.59 Å². The summed E-state index contributed by atoms with van der Waals surface area (Å²) in [6.07, 6.45) is 2.70. The van der Waals surface area contributed by atoms with Crippen molar-refractivity contribution in [1.82, 2.24) is 9.55 Å². The van der Waals surface area contributed by atoms with E-state index in [0.717, 1.165) is 21.7 Å². The van der Waals surface area contributed by atoms with Crippen LogP contribution in [0.15, 0.2) is 34.2 Å². The standard InChI is InChI=1S/C19H20ClN3O2S2/c1-5-13-9-14-17(27-13)22-19(26-4)23(18(14)25)11(3)16(24)21-12-7-6-10(2)15(20)8-12/h6-9,11H,5H2,1-4H3,(H,21,24). The Morgan fingerprint density at radius 1 is 1.41 bits per heavy atom. The smallest absolute Gasteiger partial charge is 0.263 e. The molecule has 1 unspecified atom stereocenters. The van der Waals surface area contributed by atoms with Gasteiger partial charge >= 0.3 is 0 Å². The summed E-state index contributed by atoms with van der Waals surface area (Å²) in [6, 6.07) is 6.50. The van der Waals surface area contributed by atoms with Crippen LogP contribution in [0.3, 0.4) is 0 Å². The van der Waals surface area contributed by atoms with Gasteiger partial charge in [-0.3, -0.25) is 14.2 Å². The number of hydrogen-bond acceptors (Lipinski definition) is 5. The zero-order valence-corrected chi connectivity index (χ0v) is 17.9. The number of anilines is 1. The van der Waals surface area contributed by atoms with Gasteiger partial charge in [0, 0.05) is 15.6 Å². The van der Waals surface area contributed by atoms with Crippen molar-refractivity contribution < 1.29 is 4.79 Å². The Morgan fingerprint density at radius 3 is 2.78 bits per heavy atom. The highest BCUT2D eigenvalue weighted by Crippen LogP contribution is 2.26. The van der Waals surface area contributed by atoms with Gasteiger partial charge in [-0.2, -0.15) is 0 Å². The minimum atomic E-state index is -0.707. The number of halogens is 1. The van der Waals surface area contributed by atoms with E-state index in [4.69, 9.17) is 11.6 Å². The van der Waals surface area contributed by atoms with Crippen LogP contribution in [0.25, 0.3) is 10.2 Å². The van der Waals surface area contributed by atoms with E-state index in [2.05, 4.69) is 10.3 Å². The van der Waals surface area contributed by atoms with Crippen molar-refractivity contribution in [3.8, 4) is 0 Å². The molecule has 1 atom stereocenters. The summed E-state index contributed by atoms with van der Waals surface area (Å²) in [5, 5.41) is 4.51. The number of nitrogens with one attached hydrogen (secondary N) is 1. The third kappa shape index (κ3) is 3.90. The predicted octanol–water partition coefficient (Wildman–Crippen LogP) is 4.90. The third-order valence-corrected chi connectivity index (χ3v) is 6.59. The van der Waals surface area contributed by atoms with E-state index >= 15 is 0 Å². The number of carbonyl (C=O) groups is 1. The molecule has 0 spiro atoms. The maximum Gasteiger partial charge on any atom is 0.263 e. The molecule has 0 fully saturated rings. The van der Waals surface area contributed by atoms with E-state index in [1.807, 2.05) is 32.2 Å². The number of thioether (sulfide) groups is 1. The molecular formula is C19H20ClN3O2S2. The number of nitrogens with zero attached hydrogens (tertiary/aromatic N) is 2. The summed E-state index contributed by atoms with van der Waals surface area (Å²) >= 11 is 9.01. The summed E-state index contributed by atoms with van der Waals surface area (Å²) in [5.74, 6) is -0.292. The minimum absolute atomic E-state index is 0.190. The number of rotatable bonds is 5. The molecule has 1 aromatic carbocycles. The van der Waals surface area contributed by atoms with Crippen molar-refractivity contribution in [3.05, 3.63) is 50.1 Å². The van der Waals surface area contributed by atoms with Crippen LogP contribution in [0.4, 0.5) is 5.69 Å². The van der Waals surface area contributed by atoms with E-state index in [1.54, 1.807) is 19.1 Å². The Hall–Kier alpha value is -1.83. The van der Waals surface area contributed by atoms with E-state index in [-0.39, 0.29) is 11.5 Å². The zero-order valence-electron chi connectivity index (χ0n) is 15.5. The van der Waals surface area contributed by atoms with Crippen molar-refractivity contribution in [3.63, 3.8) is 0 Å². The first-order valence-electron chi connectivity index (χ1n) is 8.51. The molecule has 2 heterocycles. The number of carbonyl (C=O) groups excluding carboxylic acids is 1. The maximum absolute atomic E-state index is 13.0. The minimum Gasteiger partial charge on any atom is -0.324 e. The van der Waals surface area contributed by atoms with Crippen LogP contribution < -0.4 is 10.9 Å². The zero-order chi connectivity index (χ0) is 19.7. The Labute approximate surface area is 170 Å². The van der Waals surface area contributed by atoms with Crippen LogP contribution in [0.1, 0.15) is 30.3 Å². The molecule has 0 radical (unpaired) electrons. The summed E-state index contributed by atoms with van der Waals surface area (Å²) in [4.78, 5) is 32.3. The van der Waals surface area contributed by atoms with E-state index in [1.165, 1.54) is 27.7 Å². The largest absolute Gasteiger partial charge is 0.324 e. The summed E-state index contributed by atoms with van der Waals surface area (Å²) in [7, 11) is 0. The Balaban J connectivity index is 1.99. The topological polar surface area (TPSA) is 64.0 Å². The van der Waals surface area contributed by atoms with Crippen LogP contribution in [-0.4, -0.2) is 21.7 Å². The molecule has 1 N–H and O–H groups in total. The molecule has 0 saturated carbocycles. The summed E-state index contributed by atoms with van der Waals surface area (Å²) in [5.41, 5.74) is 1.34. The second kappa shape index (κ2) is 8.04. The first-order valence-corrected chi connectivity index (χ1v) is 10.9. The molecule has 0 aliphatic rings. The highest BCUT2D eigenvalue weighted by Gasteiger charge is 2.22. The van der Waals surface area contributed by atoms with E-state index in [0.29, 0.717) is 21.3 Å². The number of aryl methyl sites for hydroxylation is 2. The SMILES string of the molecule is CCc1cc2c(=O)n(C(C)C(=O)Nc3ccc(C)c(Cl)c3)c(SC)nc2s1. The molecule has 0 bridgehead atoms. The fraction of sp³-hybridized carbons (Fsp3) is 0.316. The van der Waals surface area contributed by atoms with Crippen molar-refractivity contribution >= 4 is 56.5 Å². The van der Waals surface area contributed by atoms with Gasteiger partial charge < -0.3 is 5.32 Å². The molecular weight excluding hydrogens is 402 g/mol. The highest BCUT2D eigenvalue weighted by molar-refractivity contribution is 7.98. The number of benzene rings is 1. The first-order chi connectivity index (χ1) is 12.8. The monoisotopic (exact) mass is 421 g/mol. The molecule has 8 heteroatoms. The quantitative estimate of drug-likeness (QED) is 0.470. The molecule has 2 aromatic heterocycles. The molecule has 3 rings (SSSR count). The van der Waals surface area contributed by atoms with Crippen molar-refractivity contribution in [2.75, 3.05) is 11.6 Å².